The number of rotatable bonds is 14. The molecule has 2 heteroatoms. The Labute approximate surface area is 150 Å². The van der Waals surface area contributed by atoms with Gasteiger partial charge in [-0.15, -0.1) is 0 Å². The van der Waals surface area contributed by atoms with Crippen LogP contribution in [0.4, 0.5) is 5.69 Å². The third-order valence-corrected chi connectivity index (χ3v) is 5.04. The van der Waals surface area contributed by atoms with Crippen LogP contribution in [0.15, 0.2) is 24.3 Å². The highest BCUT2D eigenvalue weighted by atomic mass is 15.1. The minimum absolute atomic E-state index is 0.705. The van der Waals surface area contributed by atoms with Crippen molar-refractivity contribution in [2.45, 2.75) is 91.0 Å². The minimum Gasteiger partial charge on any atom is -0.399 e. The molecule has 0 saturated heterocycles. The Morgan fingerprint density at radius 3 is 2.12 bits per heavy atom. The fraction of sp³-hybridized carbons (Fsp3) is 0.727. The second-order valence-corrected chi connectivity index (χ2v) is 7.29. The molecular formula is C22H40N2. The summed E-state index contributed by atoms with van der Waals surface area (Å²) < 4.78 is 0. The van der Waals surface area contributed by atoms with Crippen LogP contribution in [-0.2, 0) is 6.42 Å². The molecule has 1 aromatic carbocycles. The molecule has 1 unspecified atom stereocenters. The van der Waals surface area contributed by atoms with E-state index >= 15 is 0 Å². The lowest BCUT2D eigenvalue weighted by atomic mass is 10.0. The van der Waals surface area contributed by atoms with Gasteiger partial charge in [-0.05, 0) is 69.8 Å². The maximum atomic E-state index is 5.76. The van der Waals surface area contributed by atoms with Gasteiger partial charge in [0.1, 0.15) is 0 Å². The van der Waals surface area contributed by atoms with Gasteiger partial charge in [0.2, 0.25) is 0 Å². The number of hydrogen-bond donors (Lipinski definition) is 1. The molecule has 0 heterocycles. The lowest BCUT2D eigenvalue weighted by Crippen LogP contribution is -2.35. The zero-order chi connectivity index (χ0) is 17.6. The van der Waals surface area contributed by atoms with Crippen LogP contribution >= 0.6 is 0 Å². The van der Waals surface area contributed by atoms with E-state index in [9.17, 15) is 0 Å². The highest BCUT2D eigenvalue weighted by Gasteiger charge is 2.12. The Kier molecular flexibility index (Phi) is 11.6. The van der Waals surface area contributed by atoms with Crippen molar-refractivity contribution < 1.29 is 0 Å². The van der Waals surface area contributed by atoms with Crippen molar-refractivity contribution in [1.82, 2.24) is 4.90 Å². The molecule has 0 aliphatic carbocycles. The quantitative estimate of drug-likeness (QED) is 0.332. The molecule has 2 nitrogen and oxygen atoms in total. The number of unbranched alkanes of at least 4 members (excludes halogenated alkanes) is 5. The maximum Gasteiger partial charge on any atom is 0.0314 e. The Morgan fingerprint density at radius 1 is 0.833 bits per heavy atom. The van der Waals surface area contributed by atoms with Gasteiger partial charge in [-0.2, -0.15) is 0 Å². The van der Waals surface area contributed by atoms with Crippen LogP contribution in [0.3, 0.4) is 0 Å². The van der Waals surface area contributed by atoms with Crippen molar-refractivity contribution in [1.29, 1.82) is 0 Å². The monoisotopic (exact) mass is 332 g/mol. The Bertz CT molecular complexity index is 399. The van der Waals surface area contributed by atoms with Crippen molar-refractivity contribution >= 4 is 5.69 Å². The molecule has 2 N–H and O–H groups in total. The molecule has 0 aromatic heterocycles. The van der Waals surface area contributed by atoms with Crippen LogP contribution in [0.1, 0.15) is 84.1 Å². The second kappa shape index (κ2) is 13.3. The van der Waals surface area contributed by atoms with Crippen molar-refractivity contribution in [3.8, 4) is 0 Å². The average molecular weight is 333 g/mol. The van der Waals surface area contributed by atoms with Gasteiger partial charge in [-0.25, -0.2) is 0 Å². The molecule has 0 fully saturated rings. The van der Waals surface area contributed by atoms with Gasteiger partial charge in [-0.3, -0.25) is 0 Å². The molecule has 24 heavy (non-hydrogen) atoms. The lowest BCUT2D eigenvalue weighted by Gasteiger charge is -2.29. The van der Waals surface area contributed by atoms with Crippen molar-refractivity contribution in [2.75, 3.05) is 18.8 Å². The molecule has 1 rings (SSSR count). The fourth-order valence-corrected chi connectivity index (χ4v) is 3.30. The number of aryl methyl sites for hydroxylation is 1. The minimum atomic E-state index is 0.705. The standard InChI is InChI=1S/C22H40N2/c1-4-6-8-9-10-19-24(18-7-5-2)20(3)12-11-13-21-14-16-22(23)17-15-21/h14-17,20H,4-13,18-19,23H2,1-3H3. The molecule has 1 atom stereocenters. The summed E-state index contributed by atoms with van der Waals surface area (Å²) in [6.07, 6.45) is 13.3. The van der Waals surface area contributed by atoms with Crippen LogP contribution in [0.5, 0.6) is 0 Å². The lowest BCUT2D eigenvalue weighted by molar-refractivity contribution is 0.190. The van der Waals surface area contributed by atoms with Gasteiger partial charge in [0.05, 0.1) is 0 Å². The van der Waals surface area contributed by atoms with Gasteiger partial charge in [0.25, 0.3) is 0 Å². The van der Waals surface area contributed by atoms with Crippen LogP contribution < -0.4 is 5.73 Å². The molecule has 0 amide bonds. The van der Waals surface area contributed by atoms with Crippen LogP contribution in [-0.4, -0.2) is 24.0 Å². The van der Waals surface area contributed by atoms with E-state index in [1.807, 2.05) is 12.1 Å². The SMILES string of the molecule is CCCCCCCN(CCCC)C(C)CCCc1ccc(N)cc1. The Morgan fingerprint density at radius 2 is 1.46 bits per heavy atom. The first kappa shape index (κ1) is 21.0. The fourth-order valence-electron chi connectivity index (χ4n) is 3.30. The van der Waals surface area contributed by atoms with Crippen LogP contribution in [0, 0.1) is 0 Å². The van der Waals surface area contributed by atoms with Crippen molar-refractivity contribution in [3.63, 3.8) is 0 Å². The van der Waals surface area contributed by atoms with Gasteiger partial charge in [0, 0.05) is 11.7 Å². The first-order chi connectivity index (χ1) is 11.7. The number of benzene rings is 1. The predicted octanol–water partition coefficient (Wildman–Crippen LogP) is 6.05. The largest absolute Gasteiger partial charge is 0.399 e. The van der Waals surface area contributed by atoms with Gasteiger partial charge in [-0.1, -0.05) is 58.1 Å². The molecule has 0 bridgehead atoms. The molecule has 1 aromatic rings. The van der Waals surface area contributed by atoms with E-state index in [1.54, 1.807) is 0 Å². The zero-order valence-electron chi connectivity index (χ0n) is 16.4. The van der Waals surface area contributed by atoms with E-state index in [0.717, 1.165) is 5.69 Å². The first-order valence-corrected chi connectivity index (χ1v) is 10.3. The van der Waals surface area contributed by atoms with Crippen molar-refractivity contribution in [3.05, 3.63) is 29.8 Å². The third-order valence-electron chi connectivity index (χ3n) is 5.04. The summed E-state index contributed by atoms with van der Waals surface area (Å²) in [6, 6.07) is 9.08. The number of nitrogen functional groups attached to an aromatic ring is 1. The third kappa shape index (κ3) is 9.32. The summed E-state index contributed by atoms with van der Waals surface area (Å²) >= 11 is 0. The van der Waals surface area contributed by atoms with Crippen LogP contribution in [0.25, 0.3) is 0 Å². The summed E-state index contributed by atoms with van der Waals surface area (Å²) in [5.74, 6) is 0. The second-order valence-electron chi connectivity index (χ2n) is 7.29. The molecule has 138 valence electrons. The summed E-state index contributed by atoms with van der Waals surface area (Å²) in [4.78, 5) is 2.73. The molecule has 0 aliphatic heterocycles. The highest BCUT2D eigenvalue weighted by molar-refractivity contribution is 5.39. The Hall–Kier alpha value is -1.02. The van der Waals surface area contributed by atoms with E-state index in [-0.39, 0.29) is 0 Å². The summed E-state index contributed by atoms with van der Waals surface area (Å²) in [7, 11) is 0. The molecular weight excluding hydrogens is 292 g/mol. The van der Waals surface area contributed by atoms with E-state index in [2.05, 4.69) is 37.8 Å². The van der Waals surface area contributed by atoms with E-state index in [4.69, 9.17) is 5.73 Å². The average Bonchev–Trinajstić information content (AvgIpc) is 2.59. The number of hydrogen-bond acceptors (Lipinski definition) is 2. The van der Waals surface area contributed by atoms with Gasteiger partial charge < -0.3 is 10.6 Å². The van der Waals surface area contributed by atoms with Crippen LogP contribution in [0.2, 0.25) is 0 Å². The molecule has 0 spiro atoms. The summed E-state index contributed by atoms with van der Waals surface area (Å²) in [5.41, 5.74) is 8.03. The highest BCUT2D eigenvalue weighted by Crippen LogP contribution is 2.14. The van der Waals surface area contributed by atoms with Gasteiger partial charge >= 0.3 is 0 Å². The molecule has 0 radical (unpaired) electrons. The normalized spacial score (nSPS) is 12.7. The Balaban J connectivity index is 2.30. The number of nitrogens with two attached hydrogens (primary N) is 1. The molecule has 0 saturated carbocycles. The van der Waals surface area contributed by atoms with E-state index in [0.29, 0.717) is 6.04 Å². The zero-order valence-corrected chi connectivity index (χ0v) is 16.4. The summed E-state index contributed by atoms with van der Waals surface area (Å²) in [5, 5.41) is 0. The predicted molar refractivity (Wildman–Crippen MR) is 108 cm³/mol. The first-order valence-electron chi connectivity index (χ1n) is 10.3. The maximum absolute atomic E-state index is 5.76. The smallest absolute Gasteiger partial charge is 0.0314 e. The number of nitrogens with zero attached hydrogens (tertiary/aromatic N) is 1. The van der Waals surface area contributed by atoms with E-state index < -0.39 is 0 Å². The van der Waals surface area contributed by atoms with Gasteiger partial charge in [0.15, 0.2) is 0 Å². The van der Waals surface area contributed by atoms with Crippen molar-refractivity contribution in [2.24, 2.45) is 0 Å². The number of anilines is 1. The molecule has 0 aliphatic rings. The topological polar surface area (TPSA) is 29.3 Å². The van der Waals surface area contributed by atoms with E-state index in [1.165, 1.54) is 82.9 Å². The summed E-state index contributed by atoms with van der Waals surface area (Å²) in [6.45, 7) is 9.56.